The molecule has 1 aliphatic rings. The lowest BCUT2D eigenvalue weighted by molar-refractivity contribution is 0.0679. The van der Waals surface area contributed by atoms with E-state index in [4.69, 9.17) is 14.2 Å². The minimum Gasteiger partial charge on any atom is -0.492 e. The summed E-state index contributed by atoms with van der Waals surface area (Å²) in [6.07, 6.45) is 3.32. The highest BCUT2D eigenvalue weighted by atomic mass is 79.9. The summed E-state index contributed by atoms with van der Waals surface area (Å²) >= 11 is 3.49. The molecule has 1 unspecified atom stereocenters. The summed E-state index contributed by atoms with van der Waals surface area (Å²) in [6.45, 7) is 6.36. The summed E-state index contributed by atoms with van der Waals surface area (Å²) in [6, 6.07) is 12.7. The van der Waals surface area contributed by atoms with E-state index in [9.17, 15) is 4.79 Å². The summed E-state index contributed by atoms with van der Waals surface area (Å²) in [4.78, 5) is 12.5. The maximum absolute atomic E-state index is 12.5. The molecule has 0 aliphatic carbocycles. The number of carbonyl (C=O) groups excluding carboxylic acids is 1. The number of benzene rings is 2. The Balaban J connectivity index is 1.51. The fourth-order valence-electron chi connectivity index (χ4n) is 2.97. The molecule has 0 radical (unpaired) electrons. The van der Waals surface area contributed by atoms with Gasteiger partial charge in [0.25, 0.3) is 5.91 Å². The van der Waals surface area contributed by atoms with Gasteiger partial charge in [0.15, 0.2) is 0 Å². The Hall–Kier alpha value is -2.05. The van der Waals surface area contributed by atoms with Crippen molar-refractivity contribution in [3.8, 4) is 11.5 Å². The molecule has 1 atom stereocenters. The van der Waals surface area contributed by atoms with Crippen molar-refractivity contribution in [1.82, 2.24) is 0 Å². The van der Waals surface area contributed by atoms with Crippen molar-refractivity contribution in [2.24, 2.45) is 5.92 Å². The van der Waals surface area contributed by atoms with E-state index in [1.807, 2.05) is 30.3 Å². The van der Waals surface area contributed by atoms with Crippen LogP contribution in [0.2, 0.25) is 0 Å². The summed E-state index contributed by atoms with van der Waals surface area (Å²) in [7, 11) is 0. The average Bonchev–Trinajstić information content (AvgIpc) is 3.22. The Bertz CT molecular complexity index is 801. The minimum atomic E-state index is -0.174. The average molecular weight is 462 g/mol. The van der Waals surface area contributed by atoms with Gasteiger partial charge in [0, 0.05) is 17.9 Å². The zero-order chi connectivity index (χ0) is 20.6. The Kier molecular flexibility index (Phi) is 7.95. The molecule has 156 valence electrons. The van der Waals surface area contributed by atoms with E-state index in [-0.39, 0.29) is 12.0 Å². The van der Waals surface area contributed by atoms with Gasteiger partial charge in [-0.05, 0) is 83.6 Å². The number of amides is 1. The van der Waals surface area contributed by atoms with Crippen molar-refractivity contribution in [2.45, 2.75) is 39.2 Å². The molecule has 1 aliphatic heterocycles. The first kappa shape index (κ1) is 21.7. The number of nitrogens with one attached hydrogen (secondary N) is 1. The topological polar surface area (TPSA) is 56.8 Å². The number of anilines is 1. The zero-order valence-electron chi connectivity index (χ0n) is 16.9. The van der Waals surface area contributed by atoms with Crippen molar-refractivity contribution in [3.63, 3.8) is 0 Å². The number of hydrogen-bond donors (Lipinski definition) is 1. The number of hydrogen-bond acceptors (Lipinski definition) is 4. The second kappa shape index (κ2) is 10.6. The summed E-state index contributed by atoms with van der Waals surface area (Å²) in [5.41, 5.74) is 1.28. The third kappa shape index (κ3) is 6.75. The molecule has 1 fully saturated rings. The number of halogens is 1. The van der Waals surface area contributed by atoms with Crippen LogP contribution in [0.4, 0.5) is 5.69 Å². The van der Waals surface area contributed by atoms with Crippen molar-refractivity contribution >= 4 is 27.5 Å². The predicted octanol–water partition coefficient (Wildman–Crippen LogP) is 5.68. The number of ether oxygens (including phenoxy) is 3. The lowest BCUT2D eigenvalue weighted by Gasteiger charge is -2.12. The molecule has 0 aromatic heterocycles. The molecule has 1 N–H and O–H groups in total. The third-order valence-corrected chi connectivity index (χ3v) is 5.34. The van der Waals surface area contributed by atoms with Gasteiger partial charge < -0.3 is 19.5 Å². The van der Waals surface area contributed by atoms with E-state index < -0.39 is 0 Å². The first-order valence-electron chi connectivity index (χ1n) is 10.1. The molecule has 0 spiro atoms. The first-order valence-corrected chi connectivity index (χ1v) is 10.9. The van der Waals surface area contributed by atoms with Crippen LogP contribution in [0, 0.1) is 5.92 Å². The summed E-state index contributed by atoms with van der Waals surface area (Å²) in [5, 5.41) is 2.91. The van der Waals surface area contributed by atoms with Gasteiger partial charge in [0.1, 0.15) is 18.1 Å². The molecule has 2 aromatic carbocycles. The van der Waals surface area contributed by atoms with Gasteiger partial charge in [-0.2, -0.15) is 0 Å². The fourth-order valence-corrected chi connectivity index (χ4v) is 3.46. The molecule has 1 heterocycles. The smallest absolute Gasteiger partial charge is 0.255 e. The van der Waals surface area contributed by atoms with Gasteiger partial charge in [-0.15, -0.1) is 0 Å². The highest BCUT2D eigenvalue weighted by Crippen LogP contribution is 2.27. The molecule has 5 nitrogen and oxygen atoms in total. The zero-order valence-corrected chi connectivity index (χ0v) is 18.5. The standard InChI is InChI=1S/C23H28BrNO4/c1-16(2)11-13-28-22-10-5-17(14-21(22)24)23(26)25-18-6-8-19(9-7-18)29-15-20-4-3-12-27-20/h5-10,14,16,20H,3-4,11-13,15H2,1-2H3,(H,25,26). The van der Waals surface area contributed by atoms with Crippen LogP contribution < -0.4 is 14.8 Å². The highest BCUT2D eigenvalue weighted by molar-refractivity contribution is 9.10. The largest absolute Gasteiger partial charge is 0.492 e. The predicted molar refractivity (Wildman–Crippen MR) is 118 cm³/mol. The van der Waals surface area contributed by atoms with E-state index in [2.05, 4.69) is 35.1 Å². The van der Waals surface area contributed by atoms with Crippen molar-refractivity contribution in [2.75, 3.05) is 25.1 Å². The Morgan fingerprint density at radius 1 is 1.21 bits per heavy atom. The van der Waals surface area contributed by atoms with E-state index in [0.29, 0.717) is 30.4 Å². The van der Waals surface area contributed by atoms with Crippen LogP contribution in [-0.4, -0.2) is 31.8 Å². The molecule has 2 aromatic rings. The van der Waals surface area contributed by atoms with Gasteiger partial charge in [0.2, 0.25) is 0 Å². The van der Waals surface area contributed by atoms with E-state index in [0.717, 1.165) is 41.8 Å². The highest BCUT2D eigenvalue weighted by Gasteiger charge is 2.16. The molecule has 1 saturated heterocycles. The van der Waals surface area contributed by atoms with Gasteiger partial charge in [-0.25, -0.2) is 0 Å². The van der Waals surface area contributed by atoms with Crippen LogP contribution in [0.3, 0.4) is 0 Å². The quantitative estimate of drug-likeness (QED) is 0.521. The molecule has 0 bridgehead atoms. The SMILES string of the molecule is CC(C)CCOc1ccc(C(=O)Nc2ccc(OCC3CCCO3)cc2)cc1Br. The van der Waals surface area contributed by atoms with Crippen LogP contribution in [-0.2, 0) is 4.74 Å². The van der Waals surface area contributed by atoms with Gasteiger partial charge >= 0.3 is 0 Å². The maximum atomic E-state index is 12.5. The second-order valence-corrected chi connectivity index (χ2v) is 8.46. The molecule has 6 heteroatoms. The van der Waals surface area contributed by atoms with Crippen LogP contribution in [0.1, 0.15) is 43.5 Å². The maximum Gasteiger partial charge on any atom is 0.255 e. The van der Waals surface area contributed by atoms with Crippen molar-refractivity contribution in [1.29, 1.82) is 0 Å². The molecule has 3 rings (SSSR count). The number of rotatable bonds is 9. The minimum absolute atomic E-state index is 0.174. The fraction of sp³-hybridized carbons (Fsp3) is 0.435. The van der Waals surface area contributed by atoms with E-state index >= 15 is 0 Å². The van der Waals surface area contributed by atoms with E-state index in [1.54, 1.807) is 12.1 Å². The van der Waals surface area contributed by atoms with Crippen molar-refractivity contribution in [3.05, 3.63) is 52.5 Å². The second-order valence-electron chi connectivity index (χ2n) is 7.60. The molecular formula is C23H28BrNO4. The molecule has 1 amide bonds. The summed E-state index contributed by atoms with van der Waals surface area (Å²) < 4.78 is 17.9. The Morgan fingerprint density at radius 3 is 2.66 bits per heavy atom. The monoisotopic (exact) mass is 461 g/mol. The van der Waals surface area contributed by atoms with Crippen LogP contribution in [0.25, 0.3) is 0 Å². The van der Waals surface area contributed by atoms with Crippen LogP contribution in [0.5, 0.6) is 11.5 Å². The molecular weight excluding hydrogens is 434 g/mol. The lowest BCUT2D eigenvalue weighted by Crippen LogP contribution is -2.16. The Labute approximate surface area is 180 Å². The van der Waals surface area contributed by atoms with Crippen molar-refractivity contribution < 1.29 is 19.0 Å². The van der Waals surface area contributed by atoms with Gasteiger partial charge in [0.05, 0.1) is 17.2 Å². The van der Waals surface area contributed by atoms with Crippen LogP contribution in [0.15, 0.2) is 46.9 Å². The van der Waals surface area contributed by atoms with Crippen LogP contribution >= 0.6 is 15.9 Å². The van der Waals surface area contributed by atoms with E-state index in [1.165, 1.54) is 0 Å². The molecule has 0 saturated carbocycles. The lowest BCUT2D eigenvalue weighted by atomic mass is 10.1. The number of carbonyl (C=O) groups is 1. The Morgan fingerprint density at radius 2 is 2.00 bits per heavy atom. The van der Waals surface area contributed by atoms with Gasteiger partial charge in [-0.3, -0.25) is 4.79 Å². The summed E-state index contributed by atoms with van der Waals surface area (Å²) in [5.74, 6) is 1.93. The molecule has 29 heavy (non-hydrogen) atoms. The van der Waals surface area contributed by atoms with Gasteiger partial charge in [-0.1, -0.05) is 13.8 Å². The third-order valence-electron chi connectivity index (χ3n) is 4.72. The first-order chi connectivity index (χ1) is 14.0. The normalized spacial score (nSPS) is 16.1.